The molecule has 0 heterocycles. The van der Waals surface area contributed by atoms with E-state index in [9.17, 15) is 4.79 Å². The van der Waals surface area contributed by atoms with Crippen LogP contribution >= 0.6 is 0 Å². The number of urea groups is 1. The molecule has 4 heteroatoms. The smallest absolute Gasteiger partial charge is 0.319 e. The highest BCUT2D eigenvalue weighted by Gasteiger charge is 2.06. The van der Waals surface area contributed by atoms with Crippen LogP contribution in [0.2, 0.25) is 0 Å². The molecule has 2 aromatic rings. The van der Waals surface area contributed by atoms with Crippen LogP contribution in [-0.2, 0) is 0 Å². The molecule has 0 bridgehead atoms. The van der Waals surface area contributed by atoms with Gasteiger partial charge in [-0.15, -0.1) is 0 Å². The molecule has 1 unspecified atom stereocenters. The van der Waals surface area contributed by atoms with Crippen molar-refractivity contribution in [3.63, 3.8) is 0 Å². The first-order valence-electron chi connectivity index (χ1n) is 7.53. The molecule has 0 aliphatic carbocycles. The normalized spacial score (nSPS) is 11.8. The van der Waals surface area contributed by atoms with Crippen LogP contribution in [-0.4, -0.2) is 12.1 Å². The average molecular weight is 297 g/mol. The zero-order valence-corrected chi connectivity index (χ0v) is 13.3. The fourth-order valence-electron chi connectivity index (χ4n) is 2.15. The minimum atomic E-state index is -0.187. The molecule has 0 aromatic heterocycles. The van der Waals surface area contributed by atoms with Crippen molar-refractivity contribution >= 4 is 17.4 Å². The largest absolute Gasteiger partial charge is 0.379 e. The van der Waals surface area contributed by atoms with Crippen LogP contribution < -0.4 is 16.0 Å². The number of rotatable bonds is 5. The summed E-state index contributed by atoms with van der Waals surface area (Å²) in [6, 6.07) is 18.1. The lowest BCUT2D eigenvalue weighted by atomic mass is 10.1. The molecule has 0 radical (unpaired) electrons. The van der Waals surface area contributed by atoms with Gasteiger partial charge in [0.1, 0.15) is 0 Å². The second-order valence-electron chi connectivity index (χ2n) is 5.61. The van der Waals surface area contributed by atoms with Gasteiger partial charge < -0.3 is 16.0 Å². The molecule has 4 nitrogen and oxygen atoms in total. The molecule has 3 N–H and O–H groups in total. The fraction of sp³-hybridized carbons (Fsp3) is 0.278. The molecule has 2 aromatic carbocycles. The highest BCUT2D eigenvalue weighted by Crippen LogP contribution is 2.20. The van der Waals surface area contributed by atoms with Crippen LogP contribution in [0.4, 0.5) is 16.2 Å². The lowest BCUT2D eigenvalue weighted by Gasteiger charge is -2.16. The van der Waals surface area contributed by atoms with Crippen LogP contribution in [0.1, 0.15) is 32.4 Å². The summed E-state index contributed by atoms with van der Waals surface area (Å²) in [5, 5.41) is 9.04. The quantitative estimate of drug-likeness (QED) is 0.766. The van der Waals surface area contributed by atoms with E-state index in [1.165, 1.54) is 5.56 Å². The van der Waals surface area contributed by atoms with Gasteiger partial charge in [0.15, 0.2) is 0 Å². The lowest BCUT2D eigenvalue weighted by molar-refractivity contribution is 0.250. The van der Waals surface area contributed by atoms with E-state index in [0.29, 0.717) is 0 Å². The summed E-state index contributed by atoms with van der Waals surface area (Å²) in [5.74, 6) is 0. The first-order valence-corrected chi connectivity index (χ1v) is 7.53. The number of hydrogen-bond acceptors (Lipinski definition) is 2. The Morgan fingerprint density at radius 1 is 0.864 bits per heavy atom. The van der Waals surface area contributed by atoms with Gasteiger partial charge in [-0.25, -0.2) is 4.79 Å². The topological polar surface area (TPSA) is 53.2 Å². The van der Waals surface area contributed by atoms with E-state index in [1.54, 1.807) is 0 Å². The van der Waals surface area contributed by atoms with Crippen LogP contribution in [0.5, 0.6) is 0 Å². The Labute approximate surface area is 131 Å². The maximum absolute atomic E-state index is 11.6. The third-order valence-electron chi connectivity index (χ3n) is 3.25. The van der Waals surface area contributed by atoms with Crippen LogP contribution in [0, 0.1) is 0 Å². The molecule has 0 spiro atoms. The lowest BCUT2D eigenvalue weighted by Crippen LogP contribution is -2.34. The molecule has 0 saturated heterocycles. The third kappa shape index (κ3) is 4.81. The van der Waals surface area contributed by atoms with Gasteiger partial charge in [0.2, 0.25) is 0 Å². The van der Waals surface area contributed by atoms with Gasteiger partial charge in [-0.3, -0.25) is 0 Å². The van der Waals surface area contributed by atoms with Crippen molar-refractivity contribution in [1.82, 2.24) is 5.32 Å². The molecule has 0 aliphatic rings. The van der Waals surface area contributed by atoms with Gasteiger partial charge in [0, 0.05) is 23.5 Å². The number of amides is 2. The number of nitrogens with one attached hydrogen (secondary N) is 3. The summed E-state index contributed by atoms with van der Waals surface area (Å²) in [4.78, 5) is 11.6. The van der Waals surface area contributed by atoms with E-state index in [4.69, 9.17) is 0 Å². The first kappa shape index (κ1) is 15.9. The zero-order valence-electron chi connectivity index (χ0n) is 13.3. The Morgan fingerprint density at radius 2 is 1.45 bits per heavy atom. The zero-order chi connectivity index (χ0) is 15.9. The Balaban J connectivity index is 1.93. The Hall–Kier alpha value is -2.49. The van der Waals surface area contributed by atoms with Crippen molar-refractivity contribution in [2.75, 3.05) is 10.6 Å². The minimum Gasteiger partial charge on any atom is -0.379 e. The predicted molar refractivity (Wildman–Crippen MR) is 92.2 cm³/mol. The molecule has 116 valence electrons. The van der Waals surface area contributed by atoms with Gasteiger partial charge in [0.25, 0.3) is 0 Å². The number of benzene rings is 2. The first-order chi connectivity index (χ1) is 10.5. The van der Waals surface area contributed by atoms with Crippen molar-refractivity contribution in [2.24, 2.45) is 0 Å². The van der Waals surface area contributed by atoms with Crippen molar-refractivity contribution in [1.29, 1.82) is 0 Å². The number of hydrogen-bond donors (Lipinski definition) is 3. The van der Waals surface area contributed by atoms with Crippen LogP contribution in [0.3, 0.4) is 0 Å². The van der Waals surface area contributed by atoms with E-state index in [0.717, 1.165) is 11.4 Å². The monoisotopic (exact) mass is 297 g/mol. The molecule has 0 saturated carbocycles. The van der Waals surface area contributed by atoms with E-state index in [-0.39, 0.29) is 18.1 Å². The van der Waals surface area contributed by atoms with Gasteiger partial charge in [0.05, 0.1) is 0 Å². The van der Waals surface area contributed by atoms with E-state index < -0.39 is 0 Å². The molecular weight excluding hydrogens is 274 g/mol. The molecule has 22 heavy (non-hydrogen) atoms. The maximum Gasteiger partial charge on any atom is 0.319 e. The SMILES string of the molecule is CC(C)NC(=O)Nc1ccc(NC(C)c2ccccc2)cc1. The highest BCUT2D eigenvalue weighted by molar-refractivity contribution is 5.89. The Morgan fingerprint density at radius 3 is 2.05 bits per heavy atom. The maximum atomic E-state index is 11.6. The predicted octanol–water partition coefficient (Wildman–Crippen LogP) is 4.39. The summed E-state index contributed by atoms with van der Waals surface area (Å²) in [7, 11) is 0. The second kappa shape index (κ2) is 7.50. The number of carbonyl (C=O) groups is 1. The molecule has 1 atom stereocenters. The van der Waals surface area contributed by atoms with Crippen LogP contribution in [0.15, 0.2) is 54.6 Å². The van der Waals surface area contributed by atoms with Gasteiger partial charge in [-0.1, -0.05) is 30.3 Å². The Bertz CT molecular complexity index is 593. The van der Waals surface area contributed by atoms with Gasteiger partial charge in [-0.2, -0.15) is 0 Å². The van der Waals surface area contributed by atoms with E-state index >= 15 is 0 Å². The Kier molecular flexibility index (Phi) is 5.42. The average Bonchev–Trinajstić information content (AvgIpc) is 2.49. The second-order valence-corrected chi connectivity index (χ2v) is 5.61. The van der Waals surface area contributed by atoms with Crippen molar-refractivity contribution < 1.29 is 4.79 Å². The van der Waals surface area contributed by atoms with E-state index in [2.05, 4.69) is 35.0 Å². The third-order valence-corrected chi connectivity index (χ3v) is 3.25. The van der Waals surface area contributed by atoms with E-state index in [1.807, 2.05) is 56.3 Å². The molecule has 2 amide bonds. The highest BCUT2D eigenvalue weighted by atomic mass is 16.2. The fourth-order valence-corrected chi connectivity index (χ4v) is 2.15. The van der Waals surface area contributed by atoms with Crippen molar-refractivity contribution in [3.8, 4) is 0 Å². The van der Waals surface area contributed by atoms with Gasteiger partial charge in [-0.05, 0) is 50.6 Å². The standard InChI is InChI=1S/C18H23N3O/c1-13(2)19-18(22)21-17-11-9-16(10-12-17)20-14(3)15-7-5-4-6-8-15/h4-14,20H,1-3H3,(H2,19,21,22). The molecule has 2 rings (SSSR count). The van der Waals surface area contributed by atoms with Gasteiger partial charge >= 0.3 is 6.03 Å². The number of carbonyl (C=O) groups excluding carboxylic acids is 1. The van der Waals surface area contributed by atoms with Crippen molar-refractivity contribution in [3.05, 3.63) is 60.2 Å². The summed E-state index contributed by atoms with van der Waals surface area (Å²) in [6.45, 7) is 5.98. The number of anilines is 2. The summed E-state index contributed by atoms with van der Waals surface area (Å²) >= 11 is 0. The summed E-state index contributed by atoms with van der Waals surface area (Å²) < 4.78 is 0. The minimum absolute atomic E-state index is 0.118. The van der Waals surface area contributed by atoms with Crippen LogP contribution in [0.25, 0.3) is 0 Å². The summed E-state index contributed by atoms with van der Waals surface area (Å²) in [5.41, 5.74) is 3.03. The molecule has 0 fully saturated rings. The summed E-state index contributed by atoms with van der Waals surface area (Å²) in [6.07, 6.45) is 0. The van der Waals surface area contributed by atoms with Crippen molar-refractivity contribution in [2.45, 2.75) is 32.9 Å². The molecular formula is C18H23N3O. The molecule has 0 aliphatic heterocycles.